The van der Waals surface area contributed by atoms with Crippen molar-refractivity contribution in [2.24, 2.45) is 0 Å². The molecule has 3 heterocycles. The number of aromatic nitrogens is 4. The van der Waals surface area contributed by atoms with Crippen molar-refractivity contribution in [3.8, 4) is 16.5 Å². The number of hydrogen-bond donors (Lipinski definition) is 2. The Kier molecular flexibility index (Phi) is 5.90. The monoisotopic (exact) mass is 473 g/mol. The number of hydrogen-bond acceptors (Lipinski definition) is 5. The lowest BCUT2D eigenvalue weighted by Crippen LogP contribution is -2.23. The summed E-state index contributed by atoms with van der Waals surface area (Å²) >= 11 is 1.40. The summed E-state index contributed by atoms with van der Waals surface area (Å²) in [4.78, 5) is 33.1. The van der Waals surface area contributed by atoms with E-state index in [1.807, 2.05) is 24.4 Å². The van der Waals surface area contributed by atoms with Crippen molar-refractivity contribution in [3.05, 3.63) is 80.6 Å². The van der Waals surface area contributed by atoms with E-state index >= 15 is 0 Å². The molecule has 33 heavy (non-hydrogen) atoms. The summed E-state index contributed by atoms with van der Waals surface area (Å²) in [7, 11) is 0. The van der Waals surface area contributed by atoms with Crippen molar-refractivity contribution in [2.45, 2.75) is 26.4 Å². The van der Waals surface area contributed by atoms with E-state index in [9.17, 15) is 22.8 Å². The van der Waals surface area contributed by atoms with E-state index in [2.05, 4.69) is 20.4 Å². The number of alkyl halides is 3. The summed E-state index contributed by atoms with van der Waals surface area (Å²) < 4.78 is 41.4. The Bertz CT molecular complexity index is 1370. The Balaban J connectivity index is 1.81. The smallest absolute Gasteiger partial charge is 0.306 e. The van der Waals surface area contributed by atoms with Gasteiger partial charge >= 0.3 is 6.18 Å². The minimum Gasteiger partial charge on any atom is -0.306 e. The van der Waals surface area contributed by atoms with Crippen molar-refractivity contribution in [1.82, 2.24) is 19.7 Å². The Labute approximate surface area is 189 Å². The molecule has 1 amide bonds. The van der Waals surface area contributed by atoms with Crippen LogP contribution in [0, 0.1) is 6.92 Å². The first kappa shape index (κ1) is 22.5. The minimum atomic E-state index is -4.70. The van der Waals surface area contributed by atoms with Crippen LogP contribution in [0.25, 0.3) is 16.5 Å². The number of rotatable bonds is 5. The zero-order chi connectivity index (χ0) is 23.8. The Morgan fingerprint density at radius 3 is 2.61 bits per heavy atom. The van der Waals surface area contributed by atoms with E-state index < -0.39 is 23.2 Å². The molecule has 4 rings (SSSR count). The third-order valence-electron chi connectivity index (χ3n) is 4.97. The summed E-state index contributed by atoms with van der Waals surface area (Å²) in [5.74, 6) is -0.866. The van der Waals surface area contributed by atoms with E-state index in [0.717, 1.165) is 17.0 Å². The van der Waals surface area contributed by atoms with Crippen LogP contribution >= 0.6 is 11.3 Å². The van der Waals surface area contributed by atoms with Gasteiger partial charge in [0, 0.05) is 17.3 Å². The summed E-state index contributed by atoms with van der Waals surface area (Å²) in [6, 6.07) is 9.65. The highest BCUT2D eigenvalue weighted by atomic mass is 32.1. The molecule has 2 N–H and O–H groups in total. The standard InChI is InChI=1S/C22H18F3N5O2S/c1-3-13-12(2)26-21(28-19(13)31)30-18(11-16(29-30)17-9-6-10-33-17)27-20(32)14-7-4-5-8-15(14)22(23,24)25/h4-11H,3H2,1-2H3,(H,27,32)(H,26,28,31). The quantitative estimate of drug-likeness (QED) is 0.434. The second-order valence-electron chi connectivity index (χ2n) is 7.11. The molecule has 0 fully saturated rings. The summed E-state index contributed by atoms with van der Waals surface area (Å²) in [5, 5.41) is 8.77. The zero-order valence-corrected chi connectivity index (χ0v) is 18.3. The van der Waals surface area contributed by atoms with Gasteiger partial charge in [0.15, 0.2) is 0 Å². The Hall–Kier alpha value is -3.73. The normalized spacial score (nSPS) is 11.5. The molecule has 0 radical (unpaired) electrons. The minimum absolute atomic E-state index is 0.0388. The van der Waals surface area contributed by atoms with Crippen LogP contribution in [-0.4, -0.2) is 25.7 Å². The van der Waals surface area contributed by atoms with E-state index in [1.54, 1.807) is 6.92 Å². The van der Waals surface area contributed by atoms with Crippen molar-refractivity contribution in [3.63, 3.8) is 0 Å². The van der Waals surface area contributed by atoms with Crippen LogP contribution in [0.5, 0.6) is 0 Å². The fourth-order valence-electron chi connectivity index (χ4n) is 3.40. The highest BCUT2D eigenvalue weighted by Crippen LogP contribution is 2.33. The molecule has 0 unspecified atom stereocenters. The summed E-state index contributed by atoms with van der Waals surface area (Å²) in [6.45, 7) is 3.50. The molecule has 4 aromatic rings. The molecule has 0 aliphatic carbocycles. The van der Waals surface area contributed by atoms with Gasteiger partial charge in [-0.25, -0.2) is 4.98 Å². The van der Waals surface area contributed by atoms with Gasteiger partial charge < -0.3 is 5.32 Å². The number of H-pyrrole nitrogens is 1. The number of aryl methyl sites for hydroxylation is 1. The molecule has 0 spiro atoms. The zero-order valence-electron chi connectivity index (χ0n) is 17.5. The average Bonchev–Trinajstić information content (AvgIpc) is 3.43. The molecular weight excluding hydrogens is 455 g/mol. The summed E-state index contributed by atoms with van der Waals surface area (Å²) in [5.41, 5.74) is -0.480. The van der Waals surface area contributed by atoms with Crippen molar-refractivity contribution < 1.29 is 18.0 Å². The molecule has 0 bridgehead atoms. The van der Waals surface area contributed by atoms with Gasteiger partial charge in [-0.05, 0) is 36.9 Å². The van der Waals surface area contributed by atoms with Crippen LogP contribution in [-0.2, 0) is 12.6 Å². The van der Waals surface area contributed by atoms with Crippen LogP contribution in [0.3, 0.4) is 0 Å². The molecule has 7 nitrogen and oxygen atoms in total. The summed E-state index contributed by atoms with van der Waals surface area (Å²) in [6.07, 6.45) is -4.22. The maximum absolute atomic E-state index is 13.4. The van der Waals surface area contributed by atoms with Gasteiger partial charge in [0.25, 0.3) is 11.5 Å². The van der Waals surface area contributed by atoms with Gasteiger partial charge in [0.2, 0.25) is 5.95 Å². The molecule has 0 saturated carbocycles. The van der Waals surface area contributed by atoms with Gasteiger partial charge in [0.05, 0.1) is 16.0 Å². The van der Waals surface area contributed by atoms with E-state index in [0.29, 0.717) is 23.4 Å². The first-order valence-electron chi connectivity index (χ1n) is 9.90. The Morgan fingerprint density at radius 1 is 1.21 bits per heavy atom. The second kappa shape index (κ2) is 8.66. The van der Waals surface area contributed by atoms with Gasteiger partial charge in [-0.3, -0.25) is 14.6 Å². The van der Waals surface area contributed by atoms with E-state index in [-0.39, 0.29) is 17.3 Å². The Morgan fingerprint density at radius 2 is 1.97 bits per heavy atom. The number of anilines is 1. The van der Waals surface area contributed by atoms with Crippen molar-refractivity contribution in [1.29, 1.82) is 0 Å². The predicted octanol–water partition coefficient (Wildman–Crippen LogP) is 4.83. The SMILES string of the molecule is CCc1c(C)nc(-n2nc(-c3cccs3)cc2NC(=O)c2ccccc2C(F)(F)F)[nH]c1=O. The predicted molar refractivity (Wildman–Crippen MR) is 119 cm³/mol. The second-order valence-corrected chi connectivity index (χ2v) is 8.06. The number of aromatic amines is 1. The lowest BCUT2D eigenvalue weighted by molar-refractivity contribution is -0.137. The van der Waals surface area contributed by atoms with Crippen LogP contribution in [0.15, 0.2) is 52.6 Å². The fourth-order valence-corrected chi connectivity index (χ4v) is 4.08. The van der Waals surface area contributed by atoms with E-state index in [1.165, 1.54) is 34.2 Å². The van der Waals surface area contributed by atoms with Crippen LogP contribution in [0.4, 0.5) is 19.0 Å². The number of amides is 1. The number of halogens is 3. The van der Waals surface area contributed by atoms with Gasteiger partial charge in [-0.1, -0.05) is 25.1 Å². The lowest BCUT2D eigenvalue weighted by Gasteiger charge is -2.13. The van der Waals surface area contributed by atoms with Gasteiger partial charge in [-0.15, -0.1) is 11.3 Å². The number of benzene rings is 1. The lowest BCUT2D eigenvalue weighted by atomic mass is 10.1. The molecule has 1 aromatic carbocycles. The highest BCUT2D eigenvalue weighted by Gasteiger charge is 2.35. The molecular formula is C22H18F3N5O2S. The van der Waals surface area contributed by atoms with Crippen LogP contribution in [0.2, 0.25) is 0 Å². The number of nitrogens with zero attached hydrogens (tertiary/aromatic N) is 3. The van der Waals surface area contributed by atoms with Gasteiger partial charge in [-0.2, -0.15) is 23.0 Å². The topological polar surface area (TPSA) is 92.7 Å². The maximum Gasteiger partial charge on any atom is 0.417 e. The third kappa shape index (κ3) is 4.44. The molecule has 3 aromatic heterocycles. The maximum atomic E-state index is 13.4. The molecule has 0 atom stereocenters. The average molecular weight is 473 g/mol. The van der Waals surface area contributed by atoms with Crippen molar-refractivity contribution >= 4 is 23.1 Å². The molecule has 11 heteroatoms. The first-order valence-corrected chi connectivity index (χ1v) is 10.8. The number of carbonyl (C=O) groups excluding carboxylic acids is 1. The third-order valence-corrected chi connectivity index (χ3v) is 5.86. The number of nitrogens with one attached hydrogen (secondary N) is 2. The number of thiophene rings is 1. The first-order chi connectivity index (χ1) is 15.7. The van der Waals surface area contributed by atoms with Gasteiger partial charge in [0.1, 0.15) is 11.5 Å². The van der Waals surface area contributed by atoms with Crippen molar-refractivity contribution in [2.75, 3.05) is 5.32 Å². The molecule has 0 aliphatic heterocycles. The largest absolute Gasteiger partial charge is 0.417 e. The fraction of sp³-hybridized carbons (Fsp3) is 0.182. The van der Waals surface area contributed by atoms with E-state index in [4.69, 9.17) is 0 Å². The molecule has 170 valence electrons. The molecule has 0 aliphatic rings. The highest BCUT2D eigenvalue weighted by molar-refractivity contribution is 7.13. The van der Waals surface area contributed by atoms with Crippen LogP contribution in [0.1, 0.15) is 34.1 Å². The molecule has 0 saturated heterocycles. The number of carbonyl (C=O) groups is 1. The van der Waals surface area contributed by atoms with Crippen LogP contribution < -0.4 is 10.9 Å².